The van der Waals surface area contributed by atoms with Crippen molar-refractivity contribution in [3.05, 3.63) is 106 Å². The van der Waals surface area contributed by atoms with Crippen LogP contribution in [-0.4, -0.2) is 40.0 Å². The highest BCUT2D eigenvalue weighted by molar-refractivity contribution is 7.98. The number of aromatic nitrogens is 1. The summed E-state index contributed by atoms with van der Waals surface area (Å²) < 4.78 is 0. The van der Waals surface area contributed by atoms with Gasteiger partial charge in [0.15, 0.2) is 0 Å². The molecule has 0 saturated heterocycles. The molecule has 202 valence electrons. The fourth-order valence-corrected chi connectivity index (χ4v) is 5.56. The topological polar surface area (TPSA) is 82.5 Å². The Kier molecular flexibility index (Phi) is 9.79. The molecule has 0 radical (unpaired) electrons. The highest BCUT2D eigenvalue weighted by Crippen LogP contribution is 2.30. The van der Waals surface area contributed by atoms with Crippen LogP contribution in [0.1, 0.15) is 38.6 Å². The average molecular weight is 560 g/mol. The zero-order chi connectivity index (χ0) is 27.8. The van der Waals surface area contributed by atoms with Gasteiger partial charge in [0.25, 0.3) is 5.91 Å². The van der Waals surface area contributed by atoms with E-state index >= 15 is 0 Å². The average Bonchev–Trinajstić information content (AvgIpc) is 3.35. The Morgan fingerprint density at radius 3 is 2.41 bits per heavy atom. The number of carboxylic acid groups (broad SMARTS) is 1. The number of aryl methyl sites for hydroxylation is 2. The van der Waals surface area contributed by atoms with E-state index in [1.54, 1.807) is 23.1 Å². The second kappa shape index (κ2) is 13.4. The first kappa shape index (κ1) is 28.4. The molecular weight excluding hydrogens is 526 g/mol. The Hall–Kier alpha value is -3.62. The molecule has 0 aliphatic heterocycles. The lowest BCUT2D eigenvalue weighted by atomic mass is 9.93. The van der Waals surface area contributed by atoms with Crippen LogP contribution in [0.2, 0.25) is 0 Å². The number of hydrogen-bond donors (Lipinski definition) is 2. The fraction of sp³-hybridized carbons (Fsp3) is 0.258. The van der Waals surface area contributed by atoms with Crippen LogP contribution in [0.15, 0.2) is 78.2 Å². The molecular formula is C31H33N3O3S2. The van der Waals surface area contributed by atoms with Crippen molar-refractivity contribution in [1.82, 2.24) is 10.3 Å². The van der Waals surface area contributed by atoms with Crippen molar-refractivity contribution in [2.75, 3.05) is 16.9 Å². The summed E-state index contributed by atoms with van der Waals surface area (Å²) in [6.07, 6.45) is 2.28. The molecule has 1 unspecified atom stereocenters. The van der Waals surface area contributed by atoms with Crippen LogP contribution in [0.4, 0.5) is 5.69 Å². The van der Waals surface area contributed by atoms with E-state index in [9.17, 15) is 14.7 Å². The molecule has 39 heavy (non-hydrogen) atoms. The minimum Gasteiger partial charge on any atom is -0.480 e. The smallest absolute Gasteiger partial charge is 0.326 e. The summed E-state index contributed by atoms with van der Waals surface area (Å²) >= 11 is 3.20. The van der Waals surface area contributed by atoms with Crippen LogP contribution in [0.3, 0.4) is 0 Å². The first-order valence-electron chi connectivity index (χ1n) is 12.8. The van der Waals surface area contributed by atoms with E-state index in [0.717, 1.165) is 38.6 Å². The van der Waals surface area contributed by atoms with Crippen molar-refractivity contribution >= 4 is 40.7 Å². The summed E-state index contributed by atoms with van der Waals surface area (Å²) in [6, 6.07) is 23.1. The van der Waals surface area contributed by atoms with Crippen molar-refractivity contribution in [2.45, 2.75) is 39.4 Å². The van der Waals surface area contributed by atoms with E-state index in [2.05, 4.69) is 38.8 Å². The van der Waals surface area contributed by atoms with Gasteiger partial charge in [0.2, 0.25) is 0 Å². The molecule has 0 aliphatic rings. The zero-order valence-corrected chi connectivity index (χ0v) is 24.0. The molecule has 0 fully saturated rings. The third-order valence-corrected chi connectivity index (χ3v) is 7.96. The van der Waals surface area contributed by atoms with Gasteiger partial charge in [-0.05, 0) is 78.8 Å². The Morgan fingerprint density at radius 1 is 1.00 bits per heavy atom. The number of anilines is 1. The predicted octanol–water partition coefficient (Wildman–Crippen LogP) is 6.57. The van der Waals surface area contributed by atoms with Crippen LogP contribution in [0.25, 0.3) is 11.1 Å². The standard InChI is InChI=1S/C31H33N3O3S2/c1-21-9-7-8-12-26(21)28-17-23(13-14-27(28)30(35)33-29(31(36)37)15-16-38-3)18-34(25-10-5-4-6-11-25)19-24-20-39-22(2)32-24/h4-14,17,20,29H,15-16,18-19H2,1-3H3,(H,33,35)(H,36,37). The number of amides is 1. The summed E-state index contributed by atoms with van der Waals surface area (Å²) in [6.45, 7) is 5.30. The first-order chi connectivity index (χ1) is 18.9. The number of carbonyl (C=O) groups excluding carboxylic acids is 1. The van der Waals surface area contributed by atoms with E-state index in [-0.39, 0.29) is 5.91 Å². The highest BCUT2D eigenvalue weighted by Gasteiger charge is 2.23. The molecule has 1 heterocycles. The molecule has 0 saturated carbocycles. The molecule has 0 spiro atoms. The molecule has 0 bridgehead atoms. The van der Waals surface area contributed by atoms with Crippen molar-refractivity contribution < 1.29 is 14.7 Å². The van der Waals surface area contributed by atoms with Crippen LogP contribution in [-0.2, 0) is 17.9 Å². The quantitative estimate of drug-likeness (QED) is 0.204. The molecule has 8 heteroatoms. The molecule has 1 atom stereocenters. The Balaban J connectivity index is 1.70. The Bertz CT molecular complexity index is 1420. The van der Waals surface area contributed by atoms with Gasteiger partial charge < -0.3 is 15.3 Å². The Morgan fingerprint density at radius 2 is 1.74 bits per heavy atom. The van der Waals surface area contributed by atoms with Crippen LogP contribution in [0, 0.1) is 13.8 Å². The Labute approximate surface area is 238 Å². The molecule has 1 amide bonds. The molecule has 3 aromatic carbocycles. The SMILES string of the molecule is CSCCC(NC(=O)c1ccc(CN(Cc2csc(C)n2)c2ccccc2)cc1-c1ccccc1C)C(=O)O. The summed E-state index contributed by atoms with van der Waals surface area (Å²) in [4.78, 5) is 32.2. The lowest BCUT2D eigenvalue weighted by molar-refractivity contribution is -0.139. The van der Waals surface area contributed by atoms with E-state index in [1.165, 1.54) is 0 Å². The minimum absolute atomic E-state index is 0.363. The number of nitrogens with zero attached hydrogens (tertiary/aromatic N) is 2. The normalized spacial score (nSPS) is 11.7. The van der Waals surface area contributed by atoms with Gasteiger partial charge in [-0.25, -0.2) is 9.78 Å². The number of thioether (sulfide) groups is 1. The zero-order valence-electron chi connectivity index (χ0n) is 22.4. The first-order valence-corrected chi connectivity index (χ1v) is 15.1. The maximum Gasteiger partial charge on any atom is 0.326 e. The van der Waals surface area contributed by atoms with Gasteiger partial charge in [-0.3, -0.25) is 4.79 Å². The van der Waals surface area contributed by atoms with E-state index in [4.69, 9.17) is 0 Å². The molecule has 1 aromatic heterocycles. The van der Waals surface area contributed by atoms with Crippen molar-refractivity contribution in [1.29, 1.82) is 0 Å². The lowest BCUT2D eigenvalue weighted by Crippen LogP contribution is -2.41. The maximum atomic E-state index is 13.4. The number of para-hydroxylation sites is 1. The number of carbonyl (C=O) groups is 2. The lowest BCUT2D eigenvalue weighted by Gasteiger charge is -2.25. The van der Waals surface area contributed by atoms with Gasteiger partial charge in [-0.2, -0.15) is 11.8 Å². The number of rotatable bonds is 12. The maximum absolute atomic E-state index is 13.4. The summed E-state index contributed by atoms with van der Waals surface area (Å²) in [7, 11) is 0. The number of benzene rings is 3. The molecule has 6 nitrogen and oxygen atoms in total. The number of carboxylic acids is 1. The van der Waals surface area contributed by atoms with Crippen molar-refractivity contribution in [3.63, 3.8) is 0 Å². The molecule has 0 aliphatic carbocycles. The van der Waals surface area contributed by atoms with Gasteiger partial charge >= 0.3 is 5.97 Å². The number of thiazole rings is 1. The van der Waals surface area contributed by atoms with Gasteiger partial charge in [0.05, 0.1) is 17.2 Å². The van der Waals surface area contributed by atoms with Crippen LogP contribution >= 0.6 is 23.1 Å². The van der Waals surface area contributed by atoms with Crippen molar-refractivity contribution in [3.8, 4) is 11.1 Å². The summed E-state index contributed by atoms with van der Waals surface area (Å²) in [5, 5.41) is 15.5. The molecule has 4 aromatic rings. The van der Waals surface area contributed by atoms with Gasteiger partial charge in [-0.15, -0.1) is 11.3 Å². The largest absolute Gasteiger partial charge is 0.480 e. The minimum atomic E-state index is -1.03. The number of aliphatic carboxylic acids is 1. The summed E-state index contributed by atoms with van der Waals surface area (Å²) in [5.41, 5.74) is 6.37. The monoisotopic (exact) mass is 559 g/mol. The van der Waals surface area contributed by atoms with E-state index < -0.39 is 12.0 Å². The summed E-state index contributed by atoms with van der Waals surface area (Å²) in [5.74, 6) is -0.761. The van der Waals surface area contributed by atoms with Gasteiger partial charge in [0.1, 0.15) is 6.04 Å². The molecule has 4 rings (SSSR count). The predicted molar refractivity (Wildman–Crippen MR) is 162 cm³/mol. The van der Waals surface area contributed by atoms with Gasteiger partial charge in [0, 0.05) is 23.2 Å². The van der Waals surface area contributed by atoms with Gasteiger partial charge in [-0.1, -0.05) is 48.5 Å². The third-order valence-electron chi connectivity index (χ3n) is 6.49. The fourth-order valence-electron chi connectivity index (χ4n) is 4.49. The number of hydrogen-bond acceptors (Lipinski definition) is 6. The number of nitrogens with one attached hydrogen (secondary N) is 1. The van der Waals surface area contributed by atoms with Crippen LogP contribution < -0.4 is 10.2 Å². The second-order valence-electron chi connectivity index (χ2n) is 9.39. The van der Waals surface area contributed by atoms with E-state index in [1.807, 2.05) is 74.7 Å². The second-order valence-corrected chi connectivity index (χ2v) is 11.4. The molecule has 2 N–H and O–H groups in total. The third kappa shape index (κ3) is 7.49. The van der Waals surface area contributed by atoms with Crippen LogP contribution in [0.5, 0.6) is 0 Å². The highest BCUT2D eigenvalue weighted by atomic mass is 32.2. The van der Waals surface area contributed by atoms with Crippen molar-refractivity contribution in [2.24, 2.45) is 0 Å². The van der Waals surface area contributed by atoms with E-state index in [0.29, 0.717) is 30.8 Å².